The van der Waals surface area contributed by atoms with Crippen LogP contribution in [0.25, 0.3) is 5.57 Å². The van der Waals surface area contributed by atoms with Gasteiger partial charge in [-0.2, -0.15) is 0 Å². The van der Waals surface area contributed by atoms with Crippen LogP contribution in [-0.4, -0.2) is 32.9 Å². The number of halogens is 1. The Bertz CT molecular complexity index is 729. The van der Waals surface area contributed by atoms with E-state index in [2.05, 4.69) is 6.92 Å². The van der Waals surface area contributed by atoms with Crippen molar-refractivity contribution in [2.75, 3.05) is 20.8 Å². The summed E-state index contributed by atoms with van der Waals surface area (Å²) in [4.78, 5) is 12.6. The lowest BCUT2D eigenvalue weighted by Gasteiger charge is -2.17. The van der Waals surface area contributed by atoms with Crippen molar-refractivity contribution in [3.05, 3.63) is 41.2 Å². The molecule has 5 heteroatoms. The highest BCUT2D eigenvalue weighted by Gasteiger charge is 2.71. The van der Waals surface area contributed by atoms with Gasteiger partial charge in [0.25, 0.3) is 0 Å². The summed E-state index contributed by atoms with van der Waals surface area (Å²) in [5.41, 5.74) is 2.09. The molecule has 5 atom stereocenters. The van der Waals surface area contributed by atoms with Crippen LogP contribution in [-0.2, 0) is 19.0 Å². The summed E-state index contributed by atoms with van der Waals surface area (Å²) in [6.07, 6.45) is 3.62. The Balaban J connectivity index is 1.81. The van der Waals surface area contributed by atoms with E-state index < -0.39 is 5.41 Å². The predicted molar refractivity (Wildman–Crippen MR) is 90.2 cm³/mol. The molecule has 1 aromatic carbocycles. The molecule has 0 aromatic heterocycles. The van der Waals surface area contributed by atoms with Crippen LogP contribution in [0.5, 0.6) is 0 Å². The lowest BCUT2D eigenvalue weighted by Crippen LogP contribution is -2.22. The highest BCUT2D eigenvalue weighted by molar-refractivity contribution is 5.89. The number of rotatable bonds is 3. The molecule has 1 saturated carbocycles. The van der Waals surface area contributed by atoms with E-state index in [1.54, 1.807) is 13.2 Å². The lowest BCUT2D eigenvalue weighted by molar-refractivity contribution is -0.146. The fraction of sp³-hybridized carbons (Fsp3) is 0.550. The predicted octanol–water partition coefficient (Wildman–Crippen LogP) is 3.51. The van der Waals surface area contributed by atoms with Gasteiger partial charge in [0.2, 0.25) is 0 Å². The van der Waals surface area contributed by atoms with Crippen LogP contribution in [0.4, 0.5) is 4.39 Å². The number of carbonyl (C=O) groups excluding carboxylic acids is 1. The van der Waals surface area contributed by atoms with Crippen LogP contribution in [0.1, 0.15) is 37.0 Å². The molecule has 1 aliphatic heterocycles. The van der Waals surface area contributed by atoms with Crippen molar-refractivity contribution in [3.8, 4) is 0 Å². The molecule has 0 radical (unpaired) electrons. The normalized spacial score (nSPS) is 37.5. The van der Waals surface area contributed by atoms with E-state index in [1.165, 1.54) is 19.2 Å². The molecular weight excluding hydrogens is 323 g/mol. The zero-order valence-electron chi connectivity index (χ0n) is 14.8. The van der Waals surface area contributed by atoms with Gasteiger partial charge in [-0.1, -0.05) is 19.1 Å². The van der Waals surface area contributed by atoms with Gasteiger partial charge in [0.15, 0.2) is 0 Å². The van der Waals surface area contributed by atoms with Gasteiger partial charge in [-0.25, -0.2) is 4.39 Å². The van der Waals surface area contributed by atoms with Gasteiger partial charge in [-0.05, 0) is 41.7 Å². The summed E-state index contributed by atoms with van der Waals surface area (Å²) in [7, 11) is 3.06. The van der Waals surface area contributed by atoms with E-state index >= 15 is 0 Å². The molecule has 25 heavy (non-hydrogen) atoms. The van der Waals surface area contributed by atoms with Crippen LogP contribution in [0.2, 0.25) is 0 Å². The minimum absolute atomic E-state index is 0.0333. The third-order valence-corrected chi connectivity index (χ3v) is 6.06. The fourth-order valence-electron chi connectivity index (χ4n) is 4.80. The van der Waals surface area contributed by atoms with Gasteiger partial charge in [0.05, 0.1) is 19.3 Å². The third kappa shape index (κ3) is 2.29. The van der Waals surface area contributed by atoms with E-state index in [4.69, 9.17) is 14.2 Å². The number of ether oxygens (including phenoxy) is 3. The maximum Gasteiger partial charge on any atom is 0.318 e. The molecule has 1 aromatic rings. The molecule has 1 heterocycles. The Kier molecular flexibility index (Phi) is 3.96. The topological polar surface area (TPSA) is 44.8 Å². The molecule has 134 valence electrons. The Hall–Kier alpha value is -1.72. The molecule has 0 bridgehead atoms. The molecule has 0 N–H and O–H groups in total. The first-order chi connectivity index (χ1) is 12.0. The molecule has 0 amide bonds. The van der Waals surface area contributed by atoms with Crippen LogP contribution in [0.3, 0.4) is 0 Å². The average molecular weight is 346 g/mol. The van der Waals surface area contributed by atoms with Crippen molar-refractivity contribution in [3.63, 3.8) is 0 Å². The summed E-state index contributed by atoms with van der Waals surface area (Å²) >= 11 is 0. The van der Waals surface area contributed by atoms with E-state index in [9.17, 15) is 9.18 Å². The minimum atomic E-state index is -0.719. The van der Waals surface area contributed by atoms with Crippen molar-refractivity contribution >= 4 is 11.5 Å². The van der Waals surface area contributed by atoms with Crippen LogP contribution < -0.4 is 0 Å². The third-order valence-electron chi connectivity index (χ3n) is 6.06. The van der Waals surface area contributed by atoms with Gasteiger partial charge in [-0.3, -0.25) is 4.79 Å². The Morgan fingerprint density at radius 1 is 1.40 bits per heavy atom. The van der Waals surface area contributed by atoms with Crippen molar-refractivity contribution in [2.45, 2.75) is 32.0 Å². The van der Waals surface area contributed by atoms with E-state index in [0.29, 0.717) is 6.61 Å². The second-order valence-corrected chi connectivity index (χ2v) is 7.24. The molecule has 0 spiro atoms. The number of benzene rings is 1. The van der Waals surface area contributed by atoms with Gasteiger partial charge in [0.1, 0.15) is 11.2 Å². The van der Waals surface area contributed by atoms with Crippen LogP contribution in [0, 0.1) is 23.1 Å². The highest BCUT2D eigenvalue weighted by Crippen LogP contribution is 2.63. The maximum atomic E-state index is 13.7. The number of esters is 1. The van der Waals surface area contributed by atoms with Crippen LogP contribution in [0.15, 0.2) is 24.3 Å². The molecule has 3 aliphatic rings. The molecular formula is C20H23FO4. The van der Waals surface area contributed by atoms with Crippen molar-refractivity contribution in [1.29, 1.82) is 0 Å². The fourth-order valence-corrected chi connectivity index (χ4v) is 4.80. The van der Waals surface area contributed by atoms with Crippen molar-refractivity contribution in [1.82, 2.24) is 0 Å². The van der Waals surface area contributed by atoms with Gasteiger partial charge >= 0.3 is 5.97 Å². The van der Waals surface area contributed by atoms with Gasteiger partial charge in [0, 0.05) is 25.6 Å². The molecule has 4 nitrogen and oxygen atoms in total. The summed E-state index contributed by atoms with van der Waals surface area (Å²) in [5, 5.41) is 0. The average Bonchev–Trinajstić information content (AvgIpc) is 3.20. The quantitative estimate of drug-likeness (QED) is 0.786. The molecule has 2 fully saturated rings. The highest BCUT2D eigenvalue weighted by atomic mass is 19.1. The molecule has 1 saturated heterocycles. The largest absolute Gasteiger partial charge is 0.468 e. The molecule has 4 rings (SSSR count). The van der Waals surface area contributed by atoms with Crippen molar-refractivity contribution in [2.24, 2.45) is 17.3 Å². The van der Waals surface area contributed by atoms with E-state index in [-0.39, 0.29) is 35.8 Å². The number of hydrogen-bond donors (Lipinski definition) is 0. The smallest absolute Gasteiger partial charge is 0.318 e. The number of hydrogen-bond acceptors (Lipinski definition) is 4. The second-order valence-electron chi connectivity index (χ2n) is 7.24. The Morgan fingerprint density at radius 2 is 2.20 bits per heavy atom. The van der Waals surface area contributed by atoms with E-state index in [1.807, 2.05) is 6.08 Å². The van der Waals surface area contributed by atoms with Crippen LogP contribution >= 0.6 is 0 Å². The number of methoxy groups -OCH3 is 2. The summed E-state index contributed by atoms with van der Waals surface area (Å²) < 4.78 is 30.3. The number of fused-ring (bicyclic) bond motifs is 2. The molecule has 5 unspecified atom stereocenters. The standard InChI is InChI=1S/C20H23FO4/c1-11-15(13-7-6-12(21)9-14(13)17(11)23-2)10-20(19(22)24-3)16-5-4-8-25-18(16)20/h6-7,9-11,16-18H,4-5,8H2,1-3H3. The molecule has 2 aliphatic carbocycles. The summed E-state index contributed by atoms with van der Waals surface area (Å²) in [6, 6.07) is 4.77. The first kappa shape index (κ1) is 16.7. The summed E-state index contributed by atoms with van der Waals surface area (Å²) in [5.74, 6) is -0.320. The SMILES string of the molecule is COC(=O)C1(C=C2c3ccc(F)cc3C(OC)C2C)C2CCCOC21. The maximum absolute atomic E-state index is 13.7. The zero-order valence-corrected chi connectivity index (χ0v) is 14.8. The van der Waals surface area contributed by atoms with Crippen molar-refractivity contribution < 1.29 is 23.4 Å². The van der Waals surface area contributed by atoms with Gasteiger partial charge in [-0.15, -0.1) is 0 Å². The first-order valence-corrected chi connectivity index (χ1v) is 8.80. The Labute approximate surface area is 147 Å². The monoisotopic (exact) mass is 346 g/mol. The number of carbonyl (C=O) groups is 1. The van der Waals surface area contributed by atoms with Gasteiger partial charge < -0.3 is 14.2 Å². The summed E-state index contributed by atoms with van der Waals surface area (Å²) in [6.45, 7) is 2.73. The lowest BCUT2D eigenvalue weighted by atomic mass is 9.91. The second kappa shape index (κ2) is 5.92. The first-order valence-electron chi connectivity index (χ1n) is 8.80. The zero-order chi connectivity index (χ0) is 17.8. The van der Waals surface area contributed by atoms with E-state index in [0.717, 1.165) is 29.5 Å². The Morgan fingerprint density at radius 3 is 2.84 bits per heavy atom. The minimum Gasteiger partial charge on any atom is -0.468 e.